The van der Waals surface area contributed by atoms with E-state index in [-0.39, 0.29) is 0 Å². The Balaban J connectivity index is 2.11. The lowest BCUT2D eigenvalue weighted by molar-refractivity contribution is 0.217. The van der Waals surface area contributed by atoms with Crippen LogP contribution in [0.25, 0.3) is 0 Å². The third-order valence-electron chi connectivity index (χ3n) is 3.96. The van der Waals surface area contributed by atoms with E-state index in [9.17, 15) is 8.42 Å². The van der Waals surface area contributed by atoms with Gasteiger partial charge in [-0.25, -0.2) is 8.42 Å². The Hall–Kier alpha value is -0.520. The SMILES string of the molecule is CC[C@H]1CN([C@H](C)c2ccc(S(C)(=O)=O)cc2)CCS1. The average Bonchev–Trinajstić information content (AvgIpc) is 2.46. The molecule has 1 fully saturated rings. The Bertz CT molecular complexity index is 539. The molecular weight excluding hydrogens is 290 g/mol. The summed E-state index contributed by atoms with van der Waals surface area (Å²) in [5.41, 5.74) is 1.19. The van der Waals surface area contributed by atoms with Crippen LogP contribution in [-0.2, 0) is 9.84 Å². The Labute approximate surface area is 126 Å². The largest absolute Gasteiger partial charge is 0.295 e. The first-order chi connectivity index (χ1) is 9.41. The van der Waals surface area contributed by atoms with Gasteiger partial charge < -0.3 is 0 Å². The zero-order chi connectivity index (χ0) is 14.8. The van der Waals surface area contributed by atoms with Crippen LogP contribution in [-0.4, -0.2) is 43.7 Å². The van der Waals surface area contributed by atoms with E-state index in [1.54, 1.807) is 12.1 Å². The van der Waals surface area contributed by atoms with Gasteiger partial charge in [0.15, 0.2) is 9.84 Å². The maximum atomic E-state index is 11.5. The minimum absolute atomic E-state index is 0.346. The van der Waals surface area contributed by atoms with Gasteiger partial charge in [-0.15, -0.1) is 0 Å². The van der Waals surface area contributed by atoms with Gasteiger partial charge >= 0.3 is 0 Å². The van der Waals surface area contributed by atoms with E-state index >= 15 is 0 Å². The first kappa shape index (κ1) is 15.9. The minimum Gasteiger partial charge on any atom is -0.295 e. The molecule has 0 unspecified atom stereocenters. The van der Waals surface area contributed by atoms with Crippen molar-refractivity contribution in [2.75, 3.05) is 25.1 Å². The van der Waals surface area contributed by atoms with E-state index in [2.05, 4.69) is 30.5 Å². The van der Waals surface area contributed by atoms with Crippen molar-refractivity contribution in [2.24, 2.45) is 0 Å². The molecule has 0 amide bonds. The normalized spacial score (nSPS) is 22.6. The van der Waals surface area contributed by atoms with Gasteiger partial charge in [-0.05, 0) is 31.0 Å². The molecular formula is C15H23NO2S2. The molecule has 2 rings (SSSR count). The van der Waals surface area contributed by atoms with Crippen LogP contribution in [0, 0.1) is 0 Å². The van der Waals surface area contributed by atoms with Crippen LogP contribution < -0.4 is 0 Å². The highest BCUT2D eigenvalue weighted by Crippen LogP contribution is 2.28. The maximum Gasteiger partial charge on any atom is 0.175 e. The number of hydrogen-bond acceptors (Lipinski definition) is 4. The fraction of sp³-hybridized carbons (Fsp3) is 0.600. The monoisotopic (exact) mass is 313 g/mol. The molecule has 5 heteroatoms. The maximum absolute atomic E-state index is 11.5. The fourth-order valence-corrected chi connectivity index (χ4v) is 4.38. The third kappa shape index (κ3) is 3.77. The molecule has 2 atom stereocenters. The van der Waals surface area contributed by atoms with Gasteiger partial charge in [-0.3, -0.25) is 4.90 Å². The average molecular weight is 313 g/mol. The summed E-state index contributed by atoms with van der Waals surface area (Å²) in [6.07, 6.45) is 2.46. The molecule has 0 bridgehead atoms. The highest BCUT2D eigenvalue weighted by Gasteiger charge is 2.23. The first-order valence-electron chi connectivity index (χ1n) is 7.07. The van der Waals surface area contributed by atoms with Crippen LogP contribution >= 0.6 is 11.8 Å². The van der Waals surface area contributed by atoms with Crippen molar-refractivity contribution in [3.8, 4) is 0 Å². The molecule has 0 aromatic heterocycles. The van der Waals surface area contributed by atoms with E-state index < -0.39 is 9.84 Å². The van der Waals surface area contributed by atoms with Crippen molar-refractivity contribution in [3.05, 3.63) is 29.8 Å². The van der Waals surface area contributed by atoms with Gasteiger partial charge in [-0.1, -0.05) is 19.1 Å². The van der Waals surface area contributed by atoms with E-state index in [1.165, 1.54) is 24.0 Å². The van der Waals surface area contributed by atoms with Crippen LogP contribution in [0.2, 0.25) is 0 Å². The fourth-order valence-electron chi connectivity index (χ4n) is 2.55. The van der Waals surface area contributed by atoms with Gasteiger partial charge in [0.2, 0.25) is 0 Å². The van der Waals surface area contributed by atoms with Gasteiger partial charge in [-0.2, -0.15) is 11.8 Å². The second-order valence-electron chi connectivity index (χ2n) is 5.41. The Kier molecular flexibility index (Phi) is 5.15. The minimum atomic E-state index is -3.10. The highest BCUT2D eigenvalue weighted by molar-refractivity contribution is 8.00. The predicted octanol–water partition coefficient (Wildman–Crippen LogP) is 2.98. The lowest BCUT2D eigenvalue weighted by atomic mass is 10.1. The number of benzene rings is 1. The molecule has 0 spiro atoms. The number of hydrogen-bond donors (Lipinski definition) is 0. The van der Waals surface area contributed by atoms with E-state index in [0.717, 1.165) is 18.3 Å². The van der Waals surface area contributed by atoms with Crippen LogP contribution in [0.4, 0.5) is 0 Å². The quantitative estimate of drug-likeness (QED) is 0.856. The smallest absolute Gasteiger partial charge is 0.175 e. The van der Waals surface area contributed by atoms with Gasteiger partial charge in [0.25, 0.3) is 0 Å². The Morgan fingerprint density at radius 3 is 2.55 bits per heavy atom. The summed E-state index contributed by atoms with van der Waals surface area (Å²) < 4.78 is 23.0. The molecule has 0 aliphatic carbocycles. The zero-order valence-electron chi connectivity index (χ0n) is 12.4. The number of rotatable bonds is 4. The molecule has 0 saturated carbocycles. The molecule has 0 radical (unpaired) electrons. The number of nitrogens with zero attached hydrogens (tertiary/aromatic N) is 1. The van der Waals surface area contributed by atoms with Crippen LogP contribution in [0.5, 0.6) is 0 Å². The molecule has 3 nitrogen and oxygen atoms in total. The number of thioether (sulfide) groups is 1. The van der Waals surface area contributed by atoms with E-state index in [1.807, 2.05) is 12.1 Å². The molecule has 1 heterocycles. The van der Waals surface area contributed by atoms with E-state index in [4.69, 9.17) is 0 Å². The van der Waals surface area contributed by atoms with Crippen molar-refractivity contribution >= 4 is 21.6 Å². The standard InChI is InChI=1S/C15H23NO2S2/c1-4-14-11-16(9-10-19-14)12(2)13-5-7-15(8-6-13)20(3,17)18/h5-8,12,14H,4,9-11H2,1-3H3/t12-,14+/m1/s1. The highest BCUT2D eigenvalue weighted by atomic mass is 32.2. The third-order valence-corrected chi connectivity index (χ3v) is 6.46. The summed E-state index contributed by atoms with van der Waals surface area (Å²) in [5.74, 6) is 1.18. The number of sulfone groups is 1. The topological polar surface area (TPSA) is 37.4 Å². The molecule has 112 valence electrons. The van der Waals surface area contributed by atoms with Crippen molar-refractivity contribution < 1.29 is 8.42 Å². The molecule has 0 N–H and O–H groups in total. The summed E-state index contributed by atoms with van der Waals surface area (Å²) in [4.78, 5) is 2.90. The van der Waals surface area contributed by atoms with Crippen molar-refractivity contribution in [1.29, 1.82) is 0 Å². The summed E-state index contributed by atoms with van der Waals surface area (Å²) in [6.45, 7) is 6.68. The molecule has 1 aliphatic heterocycles. The summed E-state index contributed by atoms with van der Waals surface area (Å²) >= 11 is 2.06. The van der Waals surface area contributed by atoms with Crippen LogP contribution in [0.1, 0.15) is 31.9 Å². The summed E-state index contributed by atoms with van der Waals surface area (Å²) in [6, 6.07) is 7.68. The molecule has 1 aromatic carbocycles. The van der Waals surface area contributed by atoms with Crippen LogP contribution in [0.15, 0.2) is 29.2 Å². The molecule has 1 saturated heterocycles. The molecule has 20 heavy (non-hydrogen) atoms. The lowest BCUT2D eigenvalue weighted by Gasteiger charge is -2.36. The Morgan fingerprint density at radius 1 is 1.35 bits per heavy atom. The molecule has 1 aromatic rings. The first-order valence-corrected chi connectivity index (χ1v) is 10.0. The van der Waals surface area contributed by atoms with Crippen LogP contribution in [0.3, 0.4) is 0 Å². The Morgan fingerprint density at radius 2 is 2.00 bits per heavy atom. The zero-order valence-corrected chi connectivity index (χ0v) is 14.0. The van der Waals surface area contributed by atoms with Crippen molar-refractivity contribution in [3.63, 3.8) is 0 Å². The lowest BCUT2D eigenvalue weighted by Crippen LogP contribution is -2.39. The summed E-state index contributed by atoms with van der Waals surface area (Å²) in [5, 5.41) is 0.724. The second kappa shape index (κ2) is 6.50. The van der Waals surface area contributed by atoms with Crippen molar-refractivity contribution in [2.45, 2.75) is 36.5 Å². The molecule has 1 aliphatic rings. The van der Waals surface area contributed by atoms with Gasteiger partial charge in [0.05, 0.1) is 4.90 Å². The second-order valence-corrected chi connectivity index (χ2v) is 8.84. The van der Waals surface area contributed by atoms with Crippen molar-refractivity contribution in [1.82, 2.24) is 4.90 Å². The van der Waals surface area contributed by atoms with Gasteiger partial charge in [0.1, 0.15) is 0 Å². The van der Waals surface area contributed by atoms with E-state index in [0.29, 0.717) is 10.9 Å². The van der Waals surface area contributed by atoms with Gasteiger partial charge in [0, 0.05) is 36.4 Å². The summed E-state index contributed by atoms with van der Waals surface area (Å²) in [7, 11) is -3.10. The predicted molar refractivity (Wildman–Crippen MR) is 86.1 cm³/mol.